The number of fused-ring (bicyclic) bond motifs is 1. The number of H-pyrrole nitrogens is 1. The highest BCUT2D eigenvalue weighted by Gasteiger charge is 2.23. The van der Waals surface area contributed by atoms with Crippen LogP contribution in [-0.4, -0.2) is 55.0 Å². The van der Waals surface area contributed by atoms with E-state index in [4.69, 9.17) is 14.2 Å². The van der Waals surface area contributed by atoms with Crippen LogP contribution in [0.5, 0.6) is 5.75 Å². The Hall–Kier alpha value is -2.61. The summed E-state index contributed by atoms with van der Waals surface area (Å²) < 4.78 is 16.1. The summed E-state index contributed by atoms with van der Waals surface area (Å²) >= 11 is 0. The first kappa shape index (κ1) is 18.2. The molecule has 0 amide bonds. The number of rotatable bonds is 5. The maximum absolute atomic E-state index is 12.3. The quantitative estimate of drug-likeness (QED) is 0.651. The molecule has 26 heavy (non-hydrogen) atoms. The van der Waals surface area contributed by atoms with E-state index in [1.165, 1.54) is 0 Å². The van der Waals surface area contributed by atoms with Gasteiger partial charge < -0.3 is 19.2 Å². The third-order valence-electron chi connectivity index (χ3n) is 4.13. The number of hydrogen-bond donors (Lipinski definition) is 1. The number of benzene rings is 1. The minimum atomic E-state index is -0.458. The second-order valence-electron chi connectivity index (χ2n) is 6.30. The Morgan fingerprint density at radius 1 is 1.35 bits per heavy atom. The summed E-state index contributed by atoms with van der Waals surface area (Å²) in [5.41, 5.74) is 1.50. The third-order valence-corrected chi connectivity index (χ3v) is 4.13. The van der Waals surface area contributed by atoms with Crippen molar-refractivity contribution in [1.82, 2.24) is 9.99 Å². The predicted octanol–water partition coefficient (Wildman–Crippen LogP) is 3.46. The number of carbonyl (C=O) groups excluding carboxylic acids is 1. The van der Waals surface area contributed by atoms with Gasteiger partial charge in [-0.1, -0.05) is 5.22 Å². The van der Waals surface area contributed by atoms with E-state index in [9.17, 15) is 4.79 Å². The number of esters is 1. The highest BCUT2D eigenvalue weighted by atomic mass is 16.5. The number of carbonyl (C=O) groups is 1. The largest absolute Gasteiger partial charge is 0.497 e. The molecule has 1 fully saturated rings. The number of morpholine rings is 1. The van der Waals surface area contributed by atoms with Crippen LogP contribution < -0.4 is 4.74 Å². The number of aromatic nitrogens is 1. The van der Waals surface area contributed by atoms with Crippen LogP contribution in [0.1, 0.15) is 31.3 Å². The van der Waals surface area contributed by atoms with Crippen molar-refractivity contribution in [3.05, 3.63) is 23.9 Å². The maximum Gasteiger partial charge on any atom is 0.357 e. The average molecular weight is 360 g/mol. The number of hydrogen-bond acceptors (Lipinski definition) is 6. The molecule has 0 aliphatic carbocycles. The second kappa shape index (κ2) is 7.74. The Balaban J connectivity index is 1.99. The topological polar surface area (TPSA) is 88.5 Å². The molecule has 1 aromatic carbocycles. The fourth-order valence-electron chi connectivity index (χ4n) is 3.07. The molecule has 2 heterocycles. The van der Waals surface area contributed by atoms with Gasteiger partial charge in [-0.05, 0) is 39.0 Å². The lowest BCUT2D eigenvalue weighted by atomic mass is 10.2. The molecule has 2 atom stereocenters. The molecule has 1 aliphatic rings. The summed E-state index contributed by atoms with van der Waals surface area (Å²) in [4.78, 5) is 15.4. The molecule has 0 spiro atoms. The minimum Gasteiger partial charge on any atom is -0.497 e. The second-order valence-corrected chi connectivity index (χ2v) is 6.30. The number of methoxy groups -OCH3 is 1. The highest BCUT2D eigenvalue weighted by molar-refractivity contribution is 6.05. The van der Waals surface area contributed by atoms with E-state index in [2.05, 4.69) is 15.3 Å². The van der Waals surface area contributed by atoms with Crippen molar-refractivity contribution in [2.75, 3.05) is 26.8 Å². The van der Waals surface area contributed by atoms with Gasteiger partial charge in [0.25, 0.3) is 0 Å². The van der Waals surface area contributed by atoms with Crippen LogP contribution >= 0.6 is 0 Å². The molecule has 1 saturated heterocycles. The van der Waals surface area contributed by atoms with Crippen molar-refractivity contribution in [2.24, 2.45) is 10.3 Å². The molecule has 140 valence electrons. The normalized spacial score (nSPS) is 20.7. The summed E-state index contributed by atoms with van der Waals surface area (Å²) in [5, 5.41) is 11.3. The zero-order valence-electron chi connectivity index (χ0n) is 15.5. The third kappa shape index (κ3) is 3.80. The Kier molecular flexibility index (Phi) is 5.41. The Morgan fingerprint density at radius 3 is 2.73 bits per heavy atom. The van der Waals surface area contributed by atoms with Crippen molar-refractivity contribution in [3.8, 4) is 5.75 Å². The van der Waals surface area contributed by atoms with Gasteiger partial charge in [0.2, 0.25) is 0 Å². The zero-order chi connectivity index (χ0) is 18.7. The van der Waals surface area contributed by atoms with Crippen LogP contribution in [0.15, 0.2) is 28.5 Å². The first-order chi connectivity index (χ1) is 12.5. The van der Waals surface area contributed by atoms with E-state index in [-0.39, 0.29) is 24.5 Å². The van der Waals surface area contributed by atoms with E-state index < -0.39 is 5.97 Å². The maximum atomic E-state index is 12.3. The van der Waals surface area contributed by atoms with Crippen LogP contribution in [-0.2, 0) is 9.47 Å². The lowest BCUT2D eigenvalue weighted by Crippen LogP contribution is -2.42. The number of nitrogens with one attached hydrogen (secondary N) is 1. The van der Waals surface area contributed by atoms with Gasteiger partial charge in [0.05, 0.1) is 39.0 Å². The van der Waals surface area contributed by atoms with Crippen LogP contribution in [0.2, 0.25) is 0 Å². The van der Waals surface area contributed by atoms with Gasteiger partial charge >= 0.3 is 5.97 Å². The van der Waals surface area contributed by atoms with Gasteiger partial charge in [-0.2, -0.15) is 0 Å². The lowest BCUT2D eigenvalue weighted by molar-refractivity contribution is -0.0697. The van der Waals surface area contributed by atoms with E-state index >= 15 is 0 Å². The van der Waals surface area contributed by atoms with Crippen LogP contribution in [0.25, 0.3) is 10.9 Å². The summed E-state index contributed by atoms with van der Waals surface area (Å²) in [6, 6.07) is 5.49. The molecule has 0 bridgehead atoms. The smallest absolute Gasteiger partial charge is 0.357 e. The Labute approximate surface area is 152 Å². The zero-order valence-corrected chi connectivity index (χ0v) is 15.5. The highest BCUT2D eigenvalue weighted by Crippen LogP contribution is 2.34. The molecular weight excluding hydrogens is 336 g/mol. The van der Waals surface area contributed by atoms with Gasteiger partial charge in [-0.3, -0.25) is 5.01 Å². The van der Waals surface area contributed by atoms with Gasteiger partial charge in [0.15, 0.2) is 5.69 Å². The molecule has 2 unspecified atom stereocenters. The first-order valence-corrected chi connectivity index (χ1v) is 8.70. The lowest BCUT2D eigenvalue weighted by Gasteiger charge is -2.32. The fourth-order valence-corrected chi connectivity index (χ4v) is 3.07. The van der Waals surface area contributed by atoms with Crippen molar-refractivity contribution >= 4 is 22.6 Å². The van der Waals surface area contributed by atoms with Crippen molar-refractivity contribution in [1.29, 1.82) is 0 Å². The summed E-state index contributed by atoms with van der Waals surface area (Å²) in [5.74, 6) is 0.220. The van der Waals surface area contributed by atoms with Gasteiger partial charge in [-0.15, -0.1) is 5.11 Å². The SMILES string of the molecule is CCOC(=O)c1[nH]c2ccc(OC)cc2c1N=NN1CC(C)OC(C)C1. The van der Waals surface area contributed by atoms with E-state index in [0.29, 0.717) is 24.5 Å². The van der Waals surface area contributed by atoms with Crippen molar-refractivity contribution in [3.63, 3.8) is 0 Å². The average Bonchev–Trinajstić information content (AvgIpc) is 2.97. The summed E-state index contributed by atoms with van der Waals surface area (Å²) in [6.07, 6.45) is 0.149. The van der Waals surface area contributed by atoms with Gasteiger partial charge in [0, 0.05) is 10.9 Å². The Morgan fingerprint density at radius 2 is 2.08 bits per heavy atom. The molecule has 0 saturated carbocycles. The minimum absolute atomic E-state index is 0.0743. The molecule has 1 aromatic heterocycles. The van der Waals surface area contributed by atoms with Crippen LogP contribution in [0.4, 0.5) is 5.69 Å². The molecule has 8 heteroatoms. The molecular formula is C18H24N4O4. The standard InChI is InChI=1S/C18H24N4O4/c1-5-25-18(23)17-16(14-8-13(24-4)6-7-15(14)19-17)20-21-22-9-11(2)26-12(3)10-22/h6-8,11-12,19H,5,9-10H2,1-4H3. The fraction of sp³-hybridized carbons (Fsp3) is 0.500. The first-order valence-electron chi connectivity index (χ1n) is 8.70. The predicted molar refractivity (Wildman–Crippen MR) is 96.9 cm³/mol. The molecule has 0 radical (unpaired) electrons. The van der Waals surface area contributed by atoms with Gasteiger partial charge in [0.1, 0.15) is 11.4 Å². The summed E-state index contributed by atoms with van der Waals surface area (Å²) in [6.45, 7) is 7.34. The van der Waals surface area contributed by atoms with Gasteiger partial charge in [-0.25, -0.2) is 4.79 Å². The Bertz CT molecular complexity index is 807. The van der Waals surface area contributed by atoms with Crippen molar-refractivity contribution in [2.45, 2.75) is 33.0 Å². The monoisotopic (exact) mass is 360 g/mol. The number of nitrogens with zero attached hydrogens (tertiary/aromatic N) is 3. The molecule has 1 N–H and O–H groups in total. The van der Waals surface area contributed by atoms with Crippen LogP contribution in [0.3, 0.4) is 0 Å². The molecule has 8 nitrogen and oxygen atoms in total. The number of aromatic amines is 1. The number of ether oxygens (including phenoxy) is 3. The van der Waals surface area contributed by atoms with E-state index in [0.717, 1.165) is 10.9 Å². The molecule has 3 rings (SSSR count). The van der Waals surface area contributed by atoms with Crippen molar-refractivity contribution < 1.29 is 19.0 Å². The van der Waals surface area contributed by atoms with E-state index in [1.54, 1.807) is 14.0 Å². The molecule has 2 aromatic rings. The van der Waals surface area contributed by atoms with Crippen LogP contribution in [0, 0.1) is 0 Å². The molecule has 1 aliphatic heterocycles. The summed E-state index contributed by atoms with van der Waals surface area (Å²) in [7, 11) is 1.60. The van der Waals surface area contributed by atoms with E-state index in [1.807, 2.05) is 37.1 Å².